The number of Topliss-reactive ketones (excluding diaryl/α,β-unsaturated/α-hetero) is 1. The number of hydrazone groups is 1. The highest BCUT2D eigenvalue weighted by molar-refractivity contribution is 6.36. The molecular formula is C21H21ClN2O2. The van der Waals surface area contributed by atoms with Crippen LogP contribution in [0.15, 0.2) is 63.8 Å². The molecule has 3 rings (SSSR count). The Kier molecular flexibility index (Phi) is 5.23. The first kappa shape index (κ1) is 18.3. The molecule has 1 aliphatic heterocycles. The fourth-order valence-electron chi connectivity index (χ4n) is 3.19. The monoisotopic (exact) mass is 368 g/mol. The van der Waals surface area contributed by atoms with Gasteiger partial charge in [-0.2, -0.15) is 10.1 Å². The number of ketones is 1. The Balaban J connectivity index is 2.15. The number of rotatable bonds is 4. The molecule has 1 aromatic carbocycles. The van der Waals surface area contributed by atoms with Crippen molar-refractivity contribution >= 4 is 34.7 Å². The smallest absolute Gasteiger partial charge is 0.281 e. The summed E-state index contributed by atoms with van der Waals surface area (Å²) in [5.41, 5.74) is 4.04. The second-order valence-corrected chi connectivity index (χ2v) is 6.58. The lowest BCUT2D eigenvalue weighted by atomic mass is 9.87. The predicted molar refractivity (Wildman–Crippen MR) is 105 cm³/mol. The maximum atomic E-state index is 13.1. The van der Waals surface area contributed by atoms with Gasteiger partial charge in [0, 0.05) is 11.1 Å². The van der Waals surface area contributed by atoms with Gasteiger partial charge in [-0.05, 0) is 49.1 Å². The number of carbonyl (C=O) groups is 2. The van der Waals surface area contributed by atoms with E-state index < -0.39 is 0 Å². The second kappa shape index (κ2) is 7.42. The number of para-hydroxylation sites is 1. The highest BCUT2D eigenvalue weighted by Crippen LogP contribution is 2.34. The first-order valence-electron chi connectivity index (χ1n) is 8.88. The van der Waals surface area contributed by atoms with Crippen molar-refractivity contribution in [3.8, 4) is 0 Å². The van der Waals surface area contributed by atoms with Crippen LogP contribution in [-0.4, -0.2) is 17.4 Å². The maximum Gasteiger partial charge on any atom is 0.281 e. The molecule has 1 aromatic rings. The zero-order valence-corrected chi connectivity index (χ0v) is 15.9. The Hall–Kier alpha value is -2.46. The van der Waals surface area contributed by atoms with Gasteiger partial charge in [0.15, 0.2) is 5.78 Å². The van der Waals surface area contributed by atoms with Crippen LogP contribution in [0.4, 0.5) is 5.69 Å². The van der Waals surface area contributed by atoms with Crippen molar-refractivity contribution in [3.63, 3.8) is 0 Å². The summed E-state index contributed by atoms with van der Waals surface area (Å²) in [6, 6.07) is 7.15. The average Bonchev–Trinajstić information content (AvgIpc) is 2.98. The van der Waals surface area contributed by atoms with Crippen molar-refractivity contribution in [1.82, 2.24) is 0 Å². The van der Waals surface area contributed by atoms with Crippen LogP contribution in [0.2, 0.25) is 5.02 Å². The number of hydrogen-bond donors (Lipinski definition) is 0. The number of amides is 1. The fraction of sp³-hybridized carbons (Fsp3) is 0.286. The third kappa shape index (κ3) is 3.06. The number of halogens is 1. The van der Waals surface area contributed by atoms with E-state index in [0.717, 1.165) is 16.7 Å². The highest BCUT2D eigenvalue weighted by Gasteiger charge is 2.34. The lowest BCUT2D eigenvalue weighted by molar-refractivity contribution is -0.114. The number of anilines is 1. The minimum Gasteiger partial charge on any atom is -0.289 e. The topological polar surface area (TPSA) is 49.7 Å². The summed E-state index contributed by atoms with van der Waals surface area (Å²) in [4.78, 5) is 25.6. The molecule has 2 aliphatic rings. The molecule has 4 nitrogen and oxygen atoms in total. The molecule has 26 heavy (non-hydrogen) atoms. The van der Waals surface area contributed by atoms with Gasteiger partial charge in [-0.1, -0.05) is 44.5 Å². The molecule has 0 unspecified atom stereocenters. The lowest BCUT2D eigenvalue weighted by Crippen LogP contribution is -2.23. The number of allylic oxidation sites excluding steroid dienone is 5. The van der Waals surface area contributed by atoms with E-state index in [1.807, 2.05) is 45.1 Å². The predicted octanol–water partition coefficient (Wildman–Crippen LogP) is 5.00. The SMILES string of the molecule is CCC1=CC(=C2C(=O)N(c3ccccc3Cl)N=C2CC)C=C(CC)C1=O. The molecule has 0 saturated heterocycles. The molecule has 0 spiro atoms. The molecule has 1 heterocycles. The van der Waals surface area contributed by atoms with Crippen molar-refractivity contribution in [3.05, 3.63) is 63.7 Å². The zero-order valence-electron chi connectivity index (χ0n) is 15.2. The minimum absolute atomic E-state index is 0.0720. The quantitative estimate of drug-likeness (QED) is 0.702. The van der Waals surface area contributed by atoms with E-state index >= 15 is 0 Å². The van der Waals surface area contributed by atoms with Crippen molar-refractivity contribution < 1.29 is 9.59 Å². The number of hydrogen-bond acceptors (Lipinski definition) is 3. The minimum atomic E-state index is -0.210. The van der Waals surface area contributed by atoms with Crippen molar-refractivity contribution in [1.29, 1.82) is 0 Å². The van der Waals surface area contributed by atoms with Crippen LogP contribution in [-0.2, 0) is 9.59 Å². The first-order chi connectivity index (χ1) is 12.5. The third-order valence-electron chi connectivity index (χ3n) is 4.62. The van der Waals surface area contributed by atoms with Gasteiger partial charge in [-0.25, -0.2) is 0 Å². The summed E-state index contributed by atoms with van der Waals surface area (Å²) in [6.07, 6.45) is 5.54. The largest absolute Gasteiger partial charge is 0.289 e. The number of benzene rings is 1. The van der Waals surface area contributed by atoms with Crippen LogP contribution in [0.25, 0.3) is 0 Å². The van der Waals surface area contributed by atoms with Gasteiger partial charge >= 0.3 is 0 Å². The highest BCUT2D eigenvalue weighted by atomic mass is 35.5. The van der Waals surface area contributed by atoms with Gasteiger partial charge in [-0.15, -0.1) is 0 Å². The van der Waals surface area contributed by atoms with Crippen LogP contribution >= 0.6 is 11.6 Å². The number of nitrogens with zero attached hydrogens (tertiary/aromatic N) is 2. The van der Waals surface area contributed by atoms with E-state index in [2.05, 4.69) is 5.10 Å². The summed E-state index contributed by atoms with van der Waals surface area (Å²) in [5.74, 6) is -0.138. The molecule has 0 fully saturated rings. The molecule has 0 radical (unpaired) electrons. The number of carbonyl (C=O) groups excluding carboxylic acids is 2. The van der Waals surface area contributed by atoms with E-state index in [0.29, 0.717) is 41.3 Å². The molecule has 5 heteroatoms. The van der Waals surface area contributed by atoms with Gasteiger partial charge in [0.05, 0.1) is 22.0 Å². The van der Waals surface area contributed by atoms with E-state index in [1.54, 1.807) is 12.1 Å². The molecule has 0 saturated carbocycles. The summed E-state index contributed by atoms with van der Waals surface area (Å²) in [5, 5.41) is 6.34. The Morgan fingerprint density at radius 2 is 1.58 bits per heavy atom. The maximum absolute atomic E-state index is 13.1. The van der Waals surface area contributed by atoms with Gasteiger partial charge in [0.1, 0.15) is 0 Å². The van der Waals surface area contributed by atoms with Crippen LogP contribution in [0.3, 0.4) is 0 Å². The van der Waals surface area contributed by atoms with E-state index in [9.17, 15) is 9.59 Å². The molecular weight excluding hydrogens is 348 g/mol. The van der Waals surface area contributed by atoms with Crippen LogP contribution < -0.4 is 5.01 Å². The van der Waals surface area contributed by atoms with Gasteiger partial charge in [0.2, 0.25) is 0 Å². The first-order valence-corrected chi connectivity index (χ1v) is 9.26. The normalized spacial score (nSPS) is 17.5. The van der Waals surface area contributed by atoms with Crippen molar-refractivity contribution in [2.45, 2.75) is 40.0 Å². The molecule has 0 N–H and O–H groups in total. The standard InChI is InChI=1S/C21H21ClN2O2/c1-4-13-11-15(12-14(5-2)20(13)25)19-17(6-3)23-24(21(19)26)18-10-8-7-9-16(18)22/h7-12H,4-6H2,1-3H3. The van der Waals surface area contributed by atoms with Gasteiger partial charge < -0.3 is 0 Å². The molecule has 0 atom stereocenters. The Bertz CT molecular complexity index is 880. The fourth-order valence-corrected chi connectivity index (χ4v) is 3.41. The van der Waals surface area contributed by atoms with Crippen molar-refractivity contribution in [2.24, 2.45) is 5.10 Å². The Morgan fingerprint density at radius 1 is 0.962 bits per heavy atom. The Morgan fingerprint density at radius 3 is 2.12 bits per heavy atom. The van der Waals surface area contributed by atoms with Gasteiger partial charge in [-0.3, -0.25) is 9.59 Å². The van der Waals surface area contributed by atoms with E-state index in [1.165, 1.54) is 5.01 Å². The molecule has 1 aliphatic carbocycles. The lowest BCUT2D eigenvalue weighted by Gasteiger charge is -2.16. The molecule has 0 aromatic heterocycles. The zero-order chi connectivity index (χ0) is 18.8. The second-order valence-electron chi connectivity index (χ2n) is 6.17. The molecule has 134 valence electrons. The van der Waals surface area contributed by atoms with Crippen LogP contribution in [0.1, 0.15) is 40.0 Å². The summed E-state index contributed by atoms with van der Waals surface area (Å²) >= 11 is 6.26. The van der Waals surface area contributed by atoms with Crippen LogP contribution in [0.5, 0.6) is 0 Å². The van der Waals surface area contributed by atoms with E-state index in [4.69, 9.17) is 11.6 Å². The van der Waals surface area contributed by atoms with Gasteiger partial charge in [0.25, 0.3) is 5.91 Å². The summed E-state index contributed by atoms with van der Waals surface area (Å²) in [7, 11) is 0. The average molecular weight is 369 g/mol. The third-order valence-corrected chi connectivity index (χ3v) is 4.94. The summed E-state index contributed by atoms with van der Waals surface area (Å²) in [6.45, 7) is 5.86. The van der Waals surface area contributed by atoms with Crippen molar-refractivity contribution in [2.75, 3.05) is 5.01 Å². The summed E-state index contributed by atoms with van der Waals surface area (Å²) < 4.78 is 0. The molecule has 1 amide bonds. The van der Waals surface area contributed by atoms with E-state index in [-0.39, 0.29) is 11.7 Å². The molecule has 0 bridgehead atoms. The Labute approximate surface area is 158 Å². The van der Waals surface area contributed by atoms with Crippen LogP contribution in [0, 0.1) is 0 Å².